The lowest BCUT2D eigenvalue weighted by Gasteiger charge is -2.19. The molecule has 2 fully saturated rings. The van der Waals surface area contributed by atoms with Crippen molar-refractivity contribution in [1.82, 2.24) is 4.90 Å². The van der Waals surface area contributed by atoms with Crippen LogP contribution in [-0.2, 0) is 11.2 Å². The number of likely N-dealkylation sites (tertiary alicyclic amines) is 1. The highest BCUT2D eigenvalue weighted by Crippen LogP contribution is 2.47. The van der Waals surface area contributed by atoms with Gasteiger partial charge in [-0.15, -0.1) is 0 Å². The molecule has 0 spiro atoms. The Hall–Kier alpha value is -1.82. The molecule has 2 N–H and O–H groups in total. The molecule has 1 aliphatic heterocycles. The Morgan fingerprint density at radius 1 is 1.28 bits per heavy atom. The van der Waals surface area contributed by atoms with Crippen molar-refractivity contribution in [3.63, 3.8) is 0 Å². The minimum absolute atomic E-state index is 0.0370. The predicted octanol–water partition coefficient (Wildman–Crippen LogP) is 4.17. The van der Waals surface area contributed by atoms with E-state index in [-0.39, 0.29) is 17.9 Å². The molecule has 1 aromatic carbocycles. The van der Waals surface area contributed by atoms with Crippen molar-refractivity contribution in [2.24, 2.45) is 17.8 Å². The van der Waals surface area contributed by atoms with Gasteiger partial charge in [-0.3, -0.25) is 4.79 Å². The van der Waals surface area contributed by atoms with Crippen molar-refractivity contribution in [3.8, 4) is 0 Å². The summed E-state index contributed by atoms with van der Waals surface area (Å²) in [6.07, 6.45) is 10.7. The SMILES string of the molecule is Cc1cccc(C[C@H](O)/C=C/[C@@H]2[C@H]3CC(C(=S)CCC(=O)N4CCCC4)=C[C@H]3C[C@H]2O)c1. The van der Waals surface area contributed by atoms with Crippen molar-refractivity contribution < 1.29 is 15.0 Å². The molecule has 1 amide bonds. The molecule has 172 valence electrons. The maximum Gasteiger partial charge on any atom is 0.222 e. The second-order valence-electron chi connectivity index (χ2n) is 9.76. The lowest BCUT2D eigenvalue weighted by molar-refractivity contribution is -0.129. The molecule has 1 aromatic rings. The maximum absolute atomic E-state index is 12.3. The third-order valence-corrected chi connectivity index (χ3v) is 7.81. The van der Waals surface area contributed by atoms with E-state index in [1.54, 1.807) is 0 Å². The highest BCUT2D eigenvalue weighted by molar-refractivity contribution is 7.80. The smallest absolute Gasteiger partial charge is 0.222 e. The summed E-state index contributed by atoms with van der Waals surface area (Å²) in [5.74, 6) is 0.919. The topological polar surface area (TPSA) is 60.8 Å². The summed E-state index contributed by atoms with van der Waals surface area (Å²) in [4.78, 5) is 15.2. The summed E-state index contributed by atoms with van der Waals surface area (Å²) >= 11 is 5.68. The molecule has 5 atom stereocenters. The normalized spacial score (nSPS) is 28.2. The van der Waals surface area contributed by atoms with Gasteiger partial charge in [0.2, 0.25) is 5.91 Å². The van der Waals surface area contributed by atoms with Gasteiger partial charge in [0.15, 0.2) is 0 Å². The van der Waals surface area contributed by atoms with Crippen molar-refractivity contribution in [2.75, 3.05) is 13.1 Å². The number of allylic oxidation sites excluding steroid dienone is 2. The molecule has 1 heterocycles. The number of benzene rings is 1. The lowest BCUT2D eigenvalue weighted by atomic mass is 9.88. The van der Waals surface area contributed by atoms with Crippen LogP contribution in [0.25, 0.3) is 0 Å². The van der Waals surface area contributed by atoms with Gasteiger partial charge in [0.1, 0.15) is 0 Å². The van der Waals surface area contributed by atoms with Gasteiger partial charge < -0.3 is 15.1 Å². The first-order valence-electron chi connectivity index (χ1n) is 12.0. The first-order chi connectivity index (χ1) is 15.4. The summed E-state index contributed by atoms with van der Waals surface area (Å²) < 4.78 is 0. The van der Waals surface area contributed by atoms with Crippen molar-refractivity contribution in [1.29, 1.82) is 0 Å². The van der Waals surface area contributed by atoms with Crippen LogP contribution in [0, 0.1) is 24.7 Å². The zero-order chi connectivity index (χ0) is 22.7. The quantitative estimate of drug-likeness (QED) is 0.458. The van der Waals surface area contributed by atoms with Gasteiger partial charge in [0, 0.05) is 36.7 Å². The Bertz CT molecular complexity index is 902. The maximum atomic E-state index is 12.3. The molecular weight excluding hydrogens is 418 g/mol. The molecule has 0 aromatic heterocycles. The van der Waals surface area contributed by atoms with Crippen molar-refractivity contribution >= 4 is 23.0 Å². The minimum atomic E-state index is -0.561. The van der Waals surface area contributed by atoms with E-state index in [1.165, 1.54) is 11.1 Å². The van der Waals surface area contributed by atoms with Crippen LogP contribution in [0.2, 0.25) is 0 Å². The van der Waals surface area contributed by atoms with Crippen LogP contribution in [0.15, 0.2) is 48.1 Å². The highest BCUT2D eigenvalue weighted by atomic mass is 32.1. The Balaban J connectivity index is 1.30. The number of hydrogen-bond acceptors (Lipinski definition) is 4. The average molecular weight is 454 g/mol. The summed E-state index contributed by atoms with van der Waals surface area (Å²) in [5, 5.41) is 21.1. The van der Waals surface area contributed by atoms with Crippen molar-refractivity contribution in [3.05, 3.63) is 59.2 Å². The third kappa shape index (κ3) is 5.56. The Morgan fingerprint density at radius 2 is 2.06 bits per heavy atom. The van der Waals surface area contributed by atoms with Crippen LogP contribution in [0.3, 0.4) is 0 Å². The number of aliphatic hydroxyl groups is 2. The van der Waals surface area contributed by atoms with Crippen LogP contribution in [0.4, 0.5) is 0 Å². The monoisotopic (exact) mass is 453 g/mol. The molecule has 0 radical (unpaired) electrons. The van der Waals surface area contributed by atoms with Crippen molar-refractivity contribution in [2.45, 2.75) is 64.1 Å². The molecule has 32 heavy (non-hydrogen) atoms. The van der Waals surface area contributed by atoms with E-state index in [0.29, 0.717) is 31.1 Å². The van der Waals surface area contributed by atoms with Gasteiger partial charge in [0.25, 0.3) is 0 Å². The fourth-order valence-corrected chi connectivity index (χ4v) is 5.88. The minimum Gasteiger partial charge on any atom is -0.392 e. The molecule has 1 saturated carbocycles. The van der Waals surface area contributed by atoms with E-state index in [9.17, 15) is 15.0 Å². The standard InChI is InChI=1S/C27H35NO3S/c1-18-5-4-6-19(13-18)14-22(29)7-8-23-24-16-21(15-20(24)17-25(23)30)26(32)9-10-27(31)28-11-2-3-12-28/h4-8,13,15,20,22-25,29-30H,2-3,9-12,14,16-17H2,1H3/b8-7+/t20-,22+,23+,24-,25+/m0/s1. The fraction of sp³-hybridized carbons (Fsp3) is 0.556. The van der Waals surface area contributed by atoms with Crippen LogP contribution in [-0.4, -0.2) is 51.2 Å². The number of rotatable bonds is 8. The summed E-state index contributed by atoms with van der Waals surface area (Å²) in [6, 6.07) is 8.20. The van der Waals surface area contributed by atoms with E-state index >= 15 is 0 Å². The van der Waals surface area contributed by atoms with E-state index in [4.69, 9.17) is 12.2 Å². The number of fused-ring (bicyclic) bond motifs is 1. The number of thiocarbonyl (C=S) groups is 1. The number of carbonyl (C=O) groups excluding carboxylic acids is 1. The van der Waals surface area contributed by atoms with E-state index in [2.05, 4.69) is 25.1 Å². The fourth-order valence-electron chi connectivity index (χ4n) is 5.63. The number of amides is 1. The van der Waals surface area contributed by atoms with Gasteiger partial charge in [-0.2, -0.15) is 0 Å². The molecule has 3 aliphatic rings. The largest absolute Gasteiger partial charge is 0.392 e. The molecule has 4 nitrogen and oxygen atoms in total. The molecule has 5 heteroatoms. The molecule has 2 aliphatic carbocycles. The summed E-state index contributed by atoms with van der Waals surface area (Å²) in [6.45, 7) is 3.83. The van der Waals surface area contributed by atoms with Crippen LogP contribution < -0.4 is 0 Å². The highest BCUT2D eigenvalue weighted by Gasteiger charge is 2.43. The molecule has 4 rings (SSSR count). The van der Waals surface area contributed by atoms with E-state index in [1.807, 2.05) is 29.2 Å². The van der Waals surface area contributed by atoms with Gasteiger partial charge in [-0.05, 0) is 62.0 Å². The third-order valence-electron chi connectivity index (χ3n) is 7.34. The molecule has 0 bridgehead atoms. The van der Waals surface area contributed by atoms with E-state index in [0.717, 1.165) is 49.2 Å². The zero-order valence-electron chi connectivity index (χ0n) is 19.0. The first kappa shape index (κ1) is 23.3. The lowest BCUT2D eigenvalue weighted by Crippen LogP contribution is -2.27. The average Bonchev–Trinajstić information content (AvgIpc) is 3.47. The zero-order valence-corrected chi connectivity index (χ0v) is 19.8. The molecule has 1 saturated heterocycles. The number of nitrogens with zero attached hydrogens (tertiary/aromatic N) is 1. The first-order valence-corrected chi connectivity index (χ1v) is 12.4. The number of hydrogen-bond donors (Lipinski definition) is 2. The molecular formula is C27H35NO3S. The number of aryl methyl sites for hydroxylation is 1. The molecule has 0 unspecified atom stereocenters. The number of carbonyl (C=O) groups is 1. The van der Waals surface area contributed by atoms with Crippen LogP contribution in [0.5, 0.6) is 0 Å². The Labute approximate surface area is 197 Å². The van der Waals surface area contributed by atoms with Gasteiger partial charge in [0.05, 0.1) is 12.2 Å². The Kier molecular flexibility index (Phi) is 7.59. The summed E-state index contributed by atoms with van der Waals surface area (Å²) in [7, 11) is 0. The predicted molar refractivity (Wildman–Crippen MR) is 131 cm³/mol. The second-order valence-corrected chi connectivity index (χ2v) is 10.3. The number of aliphatic hydroxyl groups excluding tert-OH is 2. The van der Waals surface area contributed by atoms with Gasteiger partial charge >= 0.3 is 0 Å². The van der Waals surface area contributed by atoms with Gasteiger partial charge in [-0.1, -0.05) is 60.3 Å². The summed E-state index contributed by atoms with van der Waals surface area (Å²) in [5.41, 5.74) is 3.50. The van der Waals surface area contributed by atoms with Gasteiger partial charge in [-0.25, -0.2) is 0 Å². The second kappa shape index (κ2) is 10.4. The van der Waals surface area contributed by atoms with Crippen LogP contribution >= 0.6 is 12.2 Å². The van der Waals surface area contributed by atoms with Crippen LogP contribution in [0.1, 0.15) is 49.7 Å². The van der Waals surface area contributed by atoms with E-state index < -0.39 is 6.10 Å². The Morgan fingerprint density at radius 3 is 2.81 bits per heavy atom.